The number of amides is 1. The Labute approximate surface area is 181 Å². The lowest BCUT2D eigenvalue weighted by atomic mass is 10.1. The molecule has 1 saturated heterocycles. The molecule has 0 atom stereocenters. The fourth-order valence-electron chi connectivity index (χ4n) is 3.44. The number of likely N-dealkylation sites (tertiary alicyclic amines) is 1. The quantitative estimate of drug-likeness (QED) is 0.524. The number of pyridine rings is 2. The Morgan fingerprint density at radius 3 is 2.53 bits per heavy atom. The van der Waals surface area contributed by atoms with Crippen LogP contribution in [0.25, 0.3) is 0 Å². The van der Waals surface area contributed by atoms with Crippen molar-refractivity contribution in [1.82, 2.24) is 14.9 Å². The van der Waals surface area contributed by atoms with Gasteiger partial charge in [0.05, 0.1) is 17.7 Å². The van der Waals surface area contributed by atoms with Crippen LogP contribution in [0.2, 0.25) is 0 Å². The second-order valence-electron chi connectivity index (χ2n) is 7.32. The van der Waals surface area contributed by atoms with Crippen LogP contribution in [0.5, 0.6) is 0 Å². The first-order chi connectivity index (χ1) is 14.8. The SMILES string of the molecule is O=C(c1ccc(CSc2ccccn2)cc1)N1CCC(OCc2cccnc2)CC1. The van der Waals surface area contributed by atoms with Crippen molar-refractivity contribution in [2.45, 2.75) is 36.3 Å². The normalized spacial score (nSPS) is 14.6. The number of rotatable bonds is 7. The van der Waals surface area contributed by atoms with Crippen LogP contribution in [0.3, 0.4) is 0 Å². The van der Waals surface area contributed by atoms with E-state index in [9.17, 15) is 4.79 Å². The van der Waals surface area contributed by atoms with Gasteiger partial charge in [0.25, 0.3) is 5.91 Å². The molecule has 5 nitrogen and oxygen atoms in total. The van der Waals surface area contributed by atoms with Gasteiger partial charge in [-0.2, -0.15) is 0 Å². The van der Waals surface area contributed by atoms with Crippen molar-refractivity contribution in [2.24, 2.45) is 0 Å². The van der Waals surface area contributed by atoms with E-state index in [-0.39, 0.29) is 12.0 Å². The van der Waals surface area contributed by atoms with E-state index in [0.29, 0.717) is 6.61 Å². The summed E-state index contributed by atoms with van der Waals surface area (Å²) in [6, 6.07) is 17.8. The average molecular weight is 420 g/mol. The van der Waals surface area contributed by atoms with E-state index < -0.39 is 0 Å². The fraction of sp³-hybridized carbons (Fsp3) is 0.292. The van der Waals surface area contributed by atoms with Crippen molar-refractivity contribution in [3.63, 3.8) is 0 Å². The number of hydrogen-bond donors (Lipinski definition) is 0. The predicted molar refractivity (Wildman–Crippen MR) is 118 cm³/mol. The van der Waals surface area contributed by atoms with Gasteiger partial charge in [0, 0.05) is 43.0 Å². The topological polar surface area (TPSA) is 55.3 Å². The standard InChI is InChI=1S/C24H25N3O2S/c28-24(21-8-6-19(7-9-21)18-30-23-5-1-2-13-26-23)27-14-10-22(11-15-27)29-17-20-4-3-12-25-16-20/h1-9,12-13,16,22H,10-11,14-15,17-18H2. The number of hydrogen-bond acceptors (Lipinski definition) is 5. The molecule has 1 aliphatic rings. The maximum Gasteiger partial charge on any atom is 0.253 e. The Hall–Kier alpha value is -2.70. The highest BCUT2D eigenvalue weighted by atomic mass is 32.2. The molecule has 0 saturated carbocycles. The summed E-state index contributed by atoms with van der Waals surface area (Å²) in [5, 5.41) is 1.01. The molecule has 2 aromatic heterocycles. The van der Waals surface area contributed by atoms with Gasteiger partial charge in [-0.25, -0.2) is 4.98 Å². The van der Waals surface area contributed by atoms with Crippen molar-refractivity contribution < 1.29 is 9.53 Å². The molecule has 1 aromatic carbocycles. The molecule has 1 amide bonds. The van der Waals surface area contributed by atoms with Gasteiger partial charge in [-0.05, 0) is 54.3 Å². The number of thioether (sulfide) groups is 1. The van der Waals surface area contributed by atoms with Gasteiger partial charge < -0.3 is 9.64 Å². The second-order valence-corrected chi connectivity index (χ2v) is 8.31. The van der Waals surface area contributed by atoms with Crippen LogP contribution in [0.1, 0.15) is 34.3 Å². The van der Waals surface area contributed by atoms with Crippen LogP contribution in [0.4, 0.5) is 0 Å². The van der Waals surface area contributed by atoms with Crippen LogP contribution in [0.15, 0.2) is 78.2 Å². The largest absolute Gasteiger partial charge is 0.373 e. The van der Waals surface area contributed by atoms with Crippen LogP contribution >= 0.6 is 11.8 Å². The molecule has 6 heteroatoms. The molecule has 0 bridgehead atoms. The minimum absolute atomic E-state index is 0.102. The molecule has 0 aliphatic carbocycles. The van der Waals surface area contributed by atoms with E-state index in [1.54, 1.807) is 24.2 Å². The van der Waals surface area contributed by atoms with Crippen LogP contribution in [-0.4, -0.2) is 40.0 Å². The van der Waals surface area contributed by atoms with Crippen molar-refractivity contribution in [1.29, 1.82) is 0 Å². The van der Waals surface area contributed by atoms with E-state index >= 15 is 0 Å². The molecule has 0 spiro atoms. The minimum atomic E-state index is 0.102. The van der Waals surface area contributed by atoms with Gasteiger partial charge in [0.2, 0.25) is 0 Å². The molecule has 0 N–H and O–H groups in total. The smallest absolute Gasteiger partial charge is 0.253 e. The van der Waals surface area contributed by atoms with E-state index in [0.717, 1.165) is 47.8 Å². The fourth-order valence-corrected chi connectivity index (χ4v) is 4.26. The van der Waals surface area contributed by atoms with E-state index in [1.807, 2.05) is 65.7 Å². The van der Waals surface area contributed by atoms with E-state index in [4.69, 9.17) is 4.74 Å². The molecule has 3 heterocycles. The Bertz CT molecular complexity index is 928. The molecule has 0 unspecified atom stereocenters. The Morgan fingerprint density at radius 2 is 1.83 bits per heavy atom. The summed E-state index contributed by atoms with van der Waals surface area (Å²) in [5.74, 6) is 0.940. The number of carbonyl (C=O) groups excluding carboxylic acids is 1. The van der Waals surface area contributed by atoms with E-state index in [1.165, 1.54) is 5.56 Å². The first kappa shape index (κ1) is 20.6. The lowest BCUT2D eigenvalue weighted by Crippen LogP contribution is -2.40. The van der Waals surface area contributed by atoms with Crippen LogP contribution in [-0.2, 0) is 17.1 Å². The minimum Gasteiger partial charge on any atom is -0.373 e. The zero-order chi connectivity index (χ0) is 20.6. The van der Waals surface area contributed by atoms with Crippen molar-refractivity contribution in [3.8, 4) is 0 Å². The summed E-state index contributed by atoms with van der Waals surface area (Å²) >= 11 is 1.69. The zero-order valence-electron chi connectivity index (χ0n) is 16.8. The summed E-state index contributed by atoms with van der Waals surface area (Å²) in [6.45, 7) is 2.03. The molecule has 154 valence electrons. The molecular formula is C24H25N3O2S. The van der Waals surface area contributed by atoms with Crippen LogP contribution < -0.4 is 0 Å². The highest BCUT2D eigenvalue weighted by Crippen LogP contribution is 2.22. The summed E-state index contributed by atoms with van der Waals surface area (Å²) in [6.07, 6.45) is 7.32. The molecule has 1 aliphatic heterocycles. The lowest BCUT2D eigenvalue weighted by molar-refractivity contribution is -0.000468. The van der Waals surface area contributed by atoms with Gasteiger partial charge in [0.15, 0.2) is 0 Å². The highest BCUT2D eigenvalue weighted by molar-refractivity contribution is 7.98. The van der Waals surface area contributed by atoms with Gasteiger partial charge in [-0.15, -0.1) is 11.8 Å². The molecular weight excluding hydrogens is 394 g/mol. The molecule has 3 aromatic rings. The number of piperidine rings is 1. The summed E-state index contributed by atoms with van der Waals surface area (Å²) < 4.78 is 6.00. The van der Waals surface area contributed by atoms with Gasteiger partial charge in [-0.1, -0.05) is 24.3 Å². The number of nitrogens with zero attached hydrogens (tertiary/aromatic N) is 3. The summed E-state index contributed by atoms with van der Waals surface area (Å²) in [4.78, 5) is 23.2. The number of ether oxygens (including phenoxy) is 1. The number of benzene rings is 1. The first-order valence-corrected chi connectivity index (χ1v) is 11.2. The predicted octanol–water partition coefficient (Wildman–Crippen LogP) is 4.59. The van der Waals surface area contributed by atoms with Gasteiger partial charge in [0.1, 0.15) is 0 Å². The molecule has 4 rings (SSSR count). The average Bonchev–Trinajstić information content (AvgIpc) is 2.83. The Morgan fingerprint density at radius 1 is 1.00 bits per heavy atom. The summed E-state index contributed by atoms with van der Waals surface area (Å²) in [5.41, 5.74) is 3.01. The van der Waals surface area contributed by atoms with Crippen molar-refractivity contribution >= 4 is 17.7 Å². The zero-order valence-corrected chi connectivity index (χ0v) is 17.6. The Kier molecular flexibility index (Phi) is 7.11. The van der Waals surface area contributed by atoms with Crippen molar-refractivity contribution in [2.75, 3.05) is 13.1 Å². The maximum absolute atomic E-state index is 12.8. The van der Waals surface area contributed by atoms with Crippen molar-refractivity contribution in [3.05, 3.63) is 89.9 Å². The Balaban J connectivity index is 1.23. The van der Waals surface area contributed by atoms with E-state index in [2.05, 4.69) is 9.97 Å². The monoisotopic (exact) mass is 419 g/mol. The third-order valence-electron chi connectivity index (χ3n) is 5.16. The lowest BCUT2D eigenvalue weighted by Gasteiger charge is -2.32. The molecule has 30 heavy (non-hydrogen) atoms. The first-order valence-electron chi connectivity index (χ1n) is 10.2. The summed E-state index contributed by atoms with van der Waals surface area (Å²) in [7, 11) is 0. The highest BCUT2D eigenvalue weighted by Gasteiger charge is 2.24. The molecule has 0 radical (unpaired) electrons. The van der Waals surface area contributed by atoms with Gasteiger partial charge >= 0.3 is 0 Å². The number of carbonyl (C=O) groups is 1. The third kappa shape index (κ3) is 5.68. The second kappa shape index (κ2) is 10.4. The van der Waals surface area contributed by atoms with Crippen LogP contribution in [0, 0.1) is 0 Å². The molecule has 1 fully saturated rings. The number of aromatic nitrogens is 2. The third-order valence-corrected chi connectivity index (χ3v) is 6.18. The maximum atomic E-state index is 12.8. The van der Waals surface area contributed by atoms with Gasteiger partial charge in [-0.3, -0.25) is 9.78 Å².